The Morgan fingerprint density at radius 3 is 3.09 bits per heavy atom. The molecule has 1 saturated heterocycles. The Balaban J connectivity index is 1.55. The fourth-order valence-electron chi connectivity index (χ4n) is 3.86. The van der Waals surface area contributed by atoms with Crippen LogP contribution in [0.3, 0.4) is 0 Å². The van der Waals surface area contributed by atoms with Gasteiger partial charge in [-0.3, -0.25) is 4.79 Å². The summed E-state index contributed by atoms with van der Waals surface area (Å²) in [7, 11) is 0. The molecule has 0 aliphatic carbocycles. The van der Waals surface area contributed by atoms with Crippen LogP contribution >= 0.6 is 0 Å². The number of carbonyl (C=O) groups excluding carboxylic acids is 1. The van der Waals surface area contributed by atoms with E-state index in [0.717, 1.165) is 36.0 Å². The molecule has 0 radical (unpaired) electrons. The van der Waals surface area contributed by atoms with Crippen molar-refractivity contribution < 1.29 is 4.79 Å². The molecule has 114 valence electrons. The van der Waals surface area contributed by atoms with Crippen molar-refractivity contribution in [1.82, 2.24) is 30.3 Å². The van der Waals surface area contributed by atoms with Gasteiger partial charge in [-0.25, -0.2) is 9.97 Å². The van der Waals surface area contributed by atoms with Gasteiger partial charge < -0.3 is 4.90 Å². The van der Waals surface area contributed by atoms with E-state index in [0.29, 0.717) is 11.1 Å². The van der Waals surface area contributed by atoms with E-state index in [4.69, 9.17) is 0 Å². The van der Waals surface area contributed by atoms with Crippen LogP contribution in [0.1, 0.15) is 40.5 Å². The normalized spacial score (nSPS) is 22.3. The number of hydrogen-bond donors (Lipinski definition) is 1. The maximum Gasteiger partial charge on any atom is 0.254 e. The van der Waals surface area contributed by atoms with Gasteiger partial charge in [-0.1, -0.05) is 0 Å². The van der Waals surface area contributed by atoms with E-state index in [9.17, 15) is 4.79 Å². The second-order valence-electron chi connectivity index (χ2n) is 6.12. The fraction of sp³-hybridized carbons (Fsp3) is 0.312. The van der Waals surface area contributed by atoms with Crippen LogP contribution in [0.5, 0.6) is 0 Å². The van der Waals surface area contributed by atoms with Crippen molar-refractivity contribution in [1.29, 1.82) is 0 Å². The SMILES string of the molecule is O=C(c1ccc2n[nH]nc2c1)N1C2CCC1c1cncnc1C2. The monoisotopic (exact) mass is 306 g/mol. The summed E-state index contributed by atoms with van der Waals surface area (Å²) in [4.78, 5) is 23.6. The Labute approximate surface area is 131 Å². The molecule has 1 aromatic carbocycles. The van der Waals surface area contributed by atoms with Crippen molar-refractivity contribution in [3.63, 3.8) is 0 Å². The maximum atomic E-state index is 13.1. The highest BCUT2D eigenvalue weighted by molar-refractivity contribution is 5.98. The maximum absolute atomic E-state index is 13.1. The number of hydrogen-bond acceptors (Lipinski definition) is 5. The molecule has 2 unspecified atom stereocenters. The van der Waals surface area contributed by atoms with Gasteiger partial charge in [0.15, 0.2) is 0 Å². The van der Waals surface area contributed by atoms with Crippen molar-refractivity contribution in [2.45, 2.75) is 31.3 Å². The quantitative estimate of drug-likeness (QED) is 0.738. The number of rotatable bonds is 1. The molecule has 2 aliphatic rings. The van der Waals surface area contributed by atoms with Crippen LogP contribution in [0, 0.1) is 0 Å². The van der Waals surface area contributed by atoms with E-state index in [2.05, 4.69) is 25.4 Å². The summed E-state index contributed by atoms with van der Waals surface area (Å²) in [5.41, 5.74) is 4.31. The first kappa shape index (κ1) is 12.7. The summed E-state index contributed by atoms with van der Waals surface area (Å²) >= 11 is 0. The van der Waals surface area contributed by atoms with E-state index in [1.165, 1.54) is 0 Å². The predicted octanol–water partition coefficient (Wildman–Crippen LogP) is 1.65. The van der Waals surface area contributed by atoms with Crippen LogP contribution in [-0.2, 0) is 6.42 Å². The molecule has 2 bridgehead atoms. The third-order valence-electron chi connectivity index (χ3n) is 4.92. The number of fused-ring (bicyclic) bond motifs is 5. The predicted molar refractivity (Wildman–Crippen MR) is 81.6 cm³/mol. The number of aromatic nitrogens is 5. The lowest BCUT2D eigenvalue weighted by molar-refractivity contribution is 0.0644. The van der Waals surface area contributed by atoms with Gasteiger partial charge in [0, 0.05) is 29.8 Å². The minimum Gasteiger partial charge on any atom is -0.328 e. The molecule has 7 nitrogen and oxygen atoms in total. The summed E-state index contributed by atoms with van der Waals surface area (Å²) in [6.45, 7) is 0. The summed E-state index contributed by atoms with van der Waals surface area (Å²) in [5, 5.41) is 10.7. The Hall–Kier alpha value is -2.83. The first-order chi connectivity index (χ1) is 11.3. The molecule has 23 heavy (non-hydrogen) atoms. The van der Waals surface area contributed by atoms with Crippen LogP contribution in [0.25, 0.3) is 11.0 Å². The van der Waals surface area contributed by atoms with Gasteiger partial charge in [0.2, 0.25) is 0 Å². The molecule has 0 spiro atoms. The third-order valence-corrected chi connectivity index (χ3v) is 4.92. The summed E-state index contributed by atoms with van der Waals surface area (Å²) < 4.78 is 0. The standard InChI is InChI=1S/C16H14N6O/c23-16(9-1-3-12-14(5-9)20-21-19-12)22-10-2-4-15(22)11-7-17-8-18-13(11)6-10/h1,3,5,7-8,10,15H,2,4,6H2,(H,19,20,21). The zero-order valence-corrected chi connectivity index (χ0v) is 12.3. The molecule has 3 aromatic rings. The lowest BCUT2D eigenvalue weighted by atomic mass is 9.98. The number of aromatic amines is 1. The van der Waals surface area contributed by atoms with Crippen LogP contribution in [-0.4, -0.2) is 42.2 Å². The lowest BCUT2D eigenvalue weighted by Crippen LogP contribution is -2.42. The molecule has 2 aromatic heterocycles. The fourth-order valence-corrected chi connectivity index (χ4v) is 3.86. The van der Waals surface area contributed by atoms with E-state index >= 15 is 0 Å². The second-order valence-corrected chi connectivity index (χ2v) is 6.12. The summed E-state index contributed by atoms with van der Waals surface area (Å²) in [5.74, 6) is 0.0527. The lowest BCUT2D eigenvalue weighted by Gasteiger charge is -2.35. The Kier molecular flexibility index (Phi) is 2.53. The van der Waals surface area contributed by atoms with Crippen LogP contribution < -0.4 is 0 Å². The zero-order valence-electron chi connectivity index (χ0n) is 12.3. The molecule has 5 rings (SSSR count). The highest BCUT2D eigenvalue weighted by atomic mass is 16.2. The first-order valence-electron chi connectivity index (χ1n) is 7.73. The van der Waals surface area contributed by atoms with Gasteiger partial charge >= 0.3 is 0 Å². The minimum absolute atomic E-state index is 0.0527. The molecule has 1 amide bonds. The summed E-state index contributed by atoms with van der Waals surface area (Å²) in [6.07, 6.45) is 6.25. The van der Waals surface area contributed by atoms with Crippen molar-refractivity contribution in [2.24, 2.45) is 0 Å². The smallest absolute Gasteiger partial charge is 0.254 e. The number of nitrogens with zero attached hydrogens (tertiary/aromatic N) is 5. The van der Waals surface area contributed by atoms with Crippen LogP contribution in [0.4, 0.5) is 0 Å². The number of carbonyl (C=O) groups is 1. The highest BCUT2D eigenvalue weighted by Crippen LogP contribution is 2.43. The van der Waals surface area contributed by atoms with Gasteiger partial charge in [0.25, 0.3) is 5.91 Å². The van der Waals surface area contributed by atoms with E-state index in [-0.39, 0.29) is 18.0 Å². The molecule has 1 N–H and O–H groups in total. The van der Waals surface area contributed by atoms with Crippen molar-refractivity contribution >= 4 is 16.9 Å². The van der Waals surface area contributed by atoms with E-state index < -0.39 is 0 Å². The second kappa shape index (κ2) is 4.58. The van der Waals surface area contributed by atoms with E-state index in [1.54, 1.807) is 12.4 Å². The first-order valence-corrected chi connectivity index (χ1v) is 7.73. The molecule has 7 heteroatoms. The topological polar surface area (TPSA) is 87.7 Å². The average Bonchev–Trinajstić information content (AvgIpc) is 3.17. The molecule has 2 aliphatic heterocycles. The van der Waals surface area contributed by atoms with Gasteiger partial charge in [-0.2, -0.15) is 15.4 Å². The Bertz CT molecular complexity index is 920. The van der Waals surface area contributed by atoms with Gasteiger partial charge in [-0.05, 0) is 31.0 Å². The molecular weight excluding hydrogens is 292 g/mol. The highest BCUT2D eigenvalue weighted by Gasteiger charge is 2.43. The number of nitrogens with one attached hydrogen (secondary N) is 1. The molecule has 1 fully saturated rings. The minimum atomic E-state index is 0.0527. The van der Waals surface area contributed by atoms with Crippen molar-refractivity contribution in [3.8, 4) is 0 Å². The zero-order chi connectivity index (χ0) is 15.4. The van der Waals surface area contributed by atoms with Gasteiger partial charge in [0.1, 0.15) is 17.4 Å². The van der Waals surface area contributed by atoms with Crippen LogP contribution in [0.15, 0.2) is 30.7 Å². The van der Waals surface area contributed by atoms with Crippen molar-refractivity contribution in [3.05, 3.63) is 47.5 Å². The molecule has 2 atom stereocenters. The largest absolute Gasteiger partial charge is 0.328 e. The molecular formula is C16H14N6O. The molecule has 4 heterocycles. The summed E-state index contributed by atoms with van der Waals surface area (Å²) in [6, 6.07) is 5.77. The van der Waals surface area contributed by atoms with E-state index in [1.807, 2.05) is 23.2 Å². The number of amides is 1. The van der Waals surface area contributed by atoms with Crippen LogP contribution in [0.2, 0.25) is 0 Å². The Morgan fingerprint density at radius 2 is 2.13 bits per heavy atom. The van der Waals surface area contributed by atoms with Crippen molar-refractivity contribution in [2.75, 3.05) is 0 Å². The molecule has 0 saturated carbocycles. The Morgan fingerprint density at radius 1 is 1.22 bits per heavy atom. The third kappa shape index (κ3) is 1.79. The van der Waals surface area contributed by atoms with Gasteiger partial charge in [0.05, 0.1) is 11.7 Å². The number of H-pyrrole nitrogens is 1. The van der Waals surface area contributed by atoms with Gasteiger partial charge in [-0.15, -0.1) is 0 Å². The number of benzene rings is 1. The average molecular weight is 306 g/mol.